The van der Waals surface area contributed by atoms with E-state index in [4.69, 9.17) is 0 Å². The number of hydrogen-bond acceptors (Lipinski definition) is 0. The predicted molar refractivity (Wildman–Crippen MR) is 161 cm³/mol. The zero-order valence-electron chi connectivity index (χ0n) is 23.3. The van der Waals surface area contributed by atoms with E-state index in [1.54, 1.807) is 22.3 Å². The Hall–Kier alpha value is -2.13. The first-order valence-electron chi connectivity index (χ1n) is 14.1. The second kappa shape index (κ2) is 12.0. The molecule has 2 atom stereocenters. The van der Waals surface area contributed by atoms with Gasteiger partial charge in [0, 0.05) is 0 Å². The molecule has 0 radical (unpaired) electrons. The van der Waals surface area contributed by atoms with Crippen molar-refractivity contribution in [2.24, 2.45) is 5.92 Å². The van der Waals surface area contributed by atoms with Crippen molar-refractivity contribution in [3.8, 4) is 22.3 Å². The molecule has 3 aliphatic rings. The maximum Gasteiger partial charge on any atom is -1.00 e. The van der Waals surface area contributed by atoms with Crippen LogP contribution in [0.15, 0.2) is 108 Å². The molecule has 200 valence electrons. The first kappa shape index (κ1) is 29.4. The third-order valence-corrected chi connectivity index (χ3v) is 21.9. The van der Waals surface area contributed by atoms with Crippen LogP contribution in [0, 0.1) is 5.92 Å². The number of fused-ring (bicyclic) bond motifs is 2. The van der Waals surface area contributed by atoms with Crippen molar-refractivity contribution < 1.29 is 41.4 Å². The van der Waals surface area contributed by atoms with Crippen LogP contribution in [0.1, 0.15) is 50.5 Å². The molecule has 7 rings (SSSR count). The number of benzene rings is 4. The van der Waals surface area contributed by atoms with Crippen molar-refractivity contribution in [3.63, 3.8) is 0 Å². The largest absolute Gasteiger partial charge is 1.00 e. The normalized spacial score (nSPS) is 18.2. The van der Waals surface area contributed by atoms with E-state index in [0.717, 1.165) is 5.92 Å². The van der Waals surface area contributed by atoms with Gasteiger partial charge in [0.2, 0.25) is 0 Å². The summed E-state index contributed by atoms with van der Waals surface area (Å²) in [6.07, 6.45) is 7.51. The molecule has 1 saturated carbocycles. The first-order chi connectivity index (χ1) is 18.6. The molecule has 0 amide bonds. The average Bonchev–Trinajstić information content (AvgIpc) is 3.65. The van der Waals surface area contributed by atoms with Crippen molar-refractivity contribution in [3.05, 3.63) is 130 Å². The van der Waals surface area contributed by atoms with Crippen LogP contribution >= 0.6 is 0 Å². The fourth-order valence-corrected chi connectivity index (χ4v) is 20.8. The van der Waals surface area contributed by atoms with Gasteiger partial charge in [0.05, 0.1) is 0 Å². The Labute approximate surface area is 258 Å². The van der Waals surface area contributed by atoms with Crippen LogP contribution in [-0.2, 0) is 16.6 Å². The van der Waals surface area contributed by atoms with Gasteiger partial charge in [-0.25, -0.2) is 0 Å². The van der Waals surface area contributed by atoms with Crippen molar-refractivity contribution in [1.82, 2.24) is 0 Å². The Bertz CT molecular complexity index is 1650. The minimum atomic E-state index is -1.66. The summed E-state index contributed by atoms with van der Waals surface area (Å²) in [7, 11) is 0. The molecule has 3 aliphatic carbocycles. The van der Waals surface area contributed by atoms with Crippen LogP contribution < -0.4 is 24.8 Å². The molecular formula is C36H34Cl2SiTi. The third kappa shape index (κ3) is 5.06. The van der Waals surface area contributed by atoms with E-state index in [1.807, 2.05) is 0 Å². The molecule has 1 fully saturated rings. The maximum absolute atomic E-state index is 2.66. The zero-order valence-corrected chi connectivity index (χ0v) is 27.4. The fourth-order valence-electron chi connectivity index (χ4n) is 6.99. The molecule has 0 aliphatic heterocycles. The van der Waals surface area contributed by atoms with Crippen LogP contribution in [0.3, 0.4) is 0 Å². The van der Waals surface area contributed by atoms with Crippen molar-refractivity contribution in [2.45, 2.75) is 41.3 Å². The second-order valence-corrected chi connectivity index (χ2v) is 23.8. The summed E-state index contributed by atoms with van der Waals surface area (Å²) in [4.78, 5) is 0. The summed E-state index contributed by atoms with van der Waals surface area (Å²) < 4.78 is 1.33. The van der Waals surface area contributed by atoms with E-state index in [0.29, 0.717) is 8.45 Å². The van der Waals surface area contributed by atoms with Gasteiger partial charge in [0.15, 0.2) is 0 Å². The van der Waals surface area contributed by atoms with E-state index < -0.39 is 22.8 Å². The molecule has 2 unspecified atom stereocenters. The van der Waals surface area contributed by atoms with Gasteiger partial charge >= 0.3 is 235 Å². The Morgan fingerprint density at radius 3 is 1.60 bits per heavy atom. The molecule has 0 aromatic heterocycles. The number of halogens is 2. The molecule has 4 aromatic rings. The molecule has 4 aromatic carbocycles. The van der Waals surface area contributed by atoms with Crippen LogP contribution in [0.25, 0.3) is 34.4 Å². The van der Waals surface area contributed by atoms with Gasteiger partial charge in [-0.05, 0) is 0 Å². The number of hydrogen-bond donors (Lipinski definition) is 0. The number of rotatable bonds is 5. The van der Waals surface area contributed by atoms with E-state index in [1.165, 1.54) is 46.2 Å². The molecule has 0 spiro atoms. The third-order valence-electron chi connectivity index (χ3n) is 8.79. The van der Waals surface area contributed by atoms with E-state index >= 15 is 0 Å². The summed E-state index contributed by atoms with van der Waals surface area (Å²) >= 11 is -1.66. The van der Waals surface area contributed by atoms with Gasteiger partial charge < -0.3 is 24.8 Å². The zero-order chi connectivity index (χ0) is 25.8. The minimum absolute atomic E-state index is 0. The Kier molecular flexibility index (Phi) is 8.81. The summed E-state index contributed by atoms with van der Waals surface area (Å²) in [5.74, 6) is 0.806. The first-order valence-corrected chi connectivity index (χ1v) is 20.7. The molecule has 0 bridgehead atoms. The predicted octanol–water partition coefficient (Wildman–Crippen LogP) is 3.90. The average molecular weight is 614 g/mol. The SMILES string of the molecule is CC1=Cc2c(-c3ccccc3)cccc2[CH]1[Ti+2]([CH]1C(C2CC2)=Cc2c(-c3ccccc3)cccc21)=[Si](C)C.[Cl-].[Cl-]. The van der Waals surface area contributed by atoms with Gasteiger partial charge in [-0.2, -0.15) is 0 Å². The molecule has 0 N–H and O–H groups in total. The Morgan fingerprint density at radius 1 is 0.600 bits per heavy atom. The van der Waals surface area contributed by atoms with E-state index in [9.17, 15) is 0 Å². The summed E-state index contributed by atoms with van der Waals surface area (Å²) in [6, 6.07) is 36.3. The fraction of sp³-hybridized carbons (Fsp3) is 0.222. The molecule has 0 saturated heterocycles. The molecule has 4 heteroatoms. The monoisotopic (exact) mass is 612 g/mol. The van der Waals surface area contributed by atoms with Crippen LogP contribution in [0.2, 0.25) is 13.1 Å². The van der Waals surface area contributed by atoms with Crippen LogP contribution in [-0.4, -0.2) is 6.19 Å². The molecule has 0 nitrogen and oxygen atoms in total. The van der Waals surface area contributed by atoms with Crippen molar-refractivity contribution in [2.75, 3.05) is 0 Å². The van der Waals surface area contributed by atoms with Gasteiger partial charge in [0.25, 0.3) is 0 Å². The molecule has 0 heterocycles. The Balaban J connectivity index is 0.00000161. The second-order valence-electron chi connectivity index (χ2n) is 11.5. The summed E-state index contributed by atoms with van der Waals surface area (Å²) in [6.45, 7) is 7.71. The van der Waals surface area contributed by atoms with E-state index in [-0.39, 0.29) is 24.8 Å². The van der Waals surface area contributed by atoms with Crippen molar-refractivity contribution in [1.29, 1.82) is 0 Å². The number of allylic oxidation sites excluding steroid dienone is 2. The van der Waals surface area contributed by atoms with Gasteiger partial charge in [-0.1, -0.05) is 0 Å². The van der Waals surface area contributed by atoms with Crippen LogP contribution in [0.5, 0.6) is 0 Å². The smallest absolute Gasteiger partial charge is 1.00 e. The molecular weight excluding hydrogens is 579 g/mol. The Morgan fingerprint density at radius 2 is 1.10 bits per heavy atom. The standard InChI is InChI=1S/C18H15.C16H13.C2H6Si.2ClH.Ti/c1-2-5-14(6-3-1)17-8-4-7-15-11-16(12-18(15)17)13-9-10-13;1-12-10-14-8-5-9-15(16(14)11-12)13-6-3-2-4-7-13;1-3-2;;;/h1-8,11-13H,9-10H2;2-11H,1H3;1-2H3;2*1H;/q;;;;;+2/p-2. The van der Waals surface area contributed by atoms with Crippen molar-refractivity contribution >= 4 is 18.3 Å². The minimum Gasteiger partial charge on any atom is -1.00 e. The van der Waals surface area contributed by atoms with Gasteiger partial charge in [-0.15, -0.1) is 0 Å². The maximum atomic E-state index is 2.66. The van der Waals surface area contributed by atoms with Gasteiger partial charge in [0.1, 0.15) is 0 Å². The quantitative estimate of drug-likeness (QED) is 0.300. The van der Waals surface area contributed by atoms with E-state index in [2.05, 4.69) is 129 Å². The molecule has 40 heavy (non-hydrogen) atoms. The summed E-state index contributed by atoms with van der Waals surface area (Å²) in [5, 5.41) is 0. The van der Waals surface area contributed by atoms with Gasteiger partial charge in [-0.3, -0.25) is 0 Å². The topological polar surface area (TPSA) is 0 Å². The summed E-state index contributed by atoms with van der Waals surface area (Å²) in [5.41, 5.74) is 15.2. The van der Waals surface area contributed by atoms with Crippen LogP contribution in [0.4, 0.5) is 0 Å².